The normalized spacial score (nSPS) is 9.71. The van der Waals surface area contributed by atoms with Gasteiger partial charge in [0.25, 0.3) is 0 Å². The van der Waals surface area contributed by atoms with E-state index in [9.17, 15) is 0 Å². The molecule has 0 unspecified atom stereocenters. The van der Waals surface area contributed by atoms with Gasteiger partial charge in [-0.1, -0.05) is 13.8 Å². The second kappa shape index (κ2) is 12.8. The third-order valence-corrected chi connectivity index (χ3v) is 0.408. The monoisotopic (exact) mass is 231 g/mol. The number of rotatable bonds is 2. The average molecular weight is 231 g/mol. The summed E-state index contributed by atoms with van der Waals surface area (Å²) >= 11 is 0. The van der Waals surface area contributed by atoms with Crippen LogP contribution in [-0.2, 0) is 15.1 Å². The van der Waals surface area contributed by atoms with E-state index in [1.54, 1.807) is 0 Å². The van der Waals surface area contributed by atoms with Crippen molar-refractivity contribution in [2.75, 3.05) is 13.2 Å². The Balaban J connectivity index is -0.000000131. The molecule has 0 fully saturated rings. The molecule has 0 bridgehead atoms. The fourth-order valence-electron chi connectivity index (χ4n) is 0.204. The van der Waals surface area contributed by atoms with Crippen LogP contribution in [0.3, 0.4) is 0 Å². The Hall–Kier alpha value is -0.210. The molecule has 4 N–H and O–H groups in total. The van der Waals surface area contributed by atoms with E-state index >= 15 is 0 Å². The molecule has 0 aliphatic rings. The van der Waals surface area contributed by atoms with Gasteiger partial charge in [0.1, 0.15) is 0 Å². The van der Waals surface area contributed by atoms with E-state index in [0.29, 0.717) is 6.04 Å². The highest BCUT2D eigenvalue weighted by Crippen LogP contribution is 1.64. The summed E-state index contributed by atoms with van der Waals surface area (Å²) < 4.78 is 36.4. The minimum atomic E-state index is -4.67. The van der Waals surface area contributed by atoms with E-state index in [-0.39, 0.29) is 0 Å². The largest absolute Gasteiger partial charge is 0.394 e. The van der Waals surface area contributed by atoms with Crippen LogP contribution in [0.15, 0.2) is 0 Å². The van der Waals surface area contributed by atoms with Gasteiger partial charge in [0.15, 0.2) is 0 Å². The summed E-state index contributed by atoms with van der Waals surface area (Å²) in [6.07, 6.45) is 0. The SMILES string of the molecule is CC(C)N.CCOCC.O=S(=O)(O)O. The zero-order valence-corrected chi connectivity index (χ0v) is 9.91. The number of hydrogen-bond acceptors (Lipinski definition) is 4. The molecule has 6 nitrogen and oxygen atoms in total. The number of ether oxygens (including phenoxy) is 1. The van der Waals surface area contributed by atoms with Crippen LogP contribution in [0.5, 0.6) is 0 Å². The maximum Gasteiger partial charge on any atom is 0.394 e. The van der Waals surface area contributed by atoms with Crippen LogP contribution in [0.2, 0.25) is 0 Å². The van der Waals surface area contributed by atoms with Gasteiger partial charge in [0.05, 0.1) is 0 Å². The smallest absolute Gasteiger partial charge is 0.382 e. The van der Waals surface area contributed by atoms with Gasteiger partial charge < -0.3 is 10.5 Å². The van der Waals surface area contributed by atoms with E-state index in [2.05, 4.69) is 0 Å². The molecule has 0 spiro atoms. The first-order valence-electron chi connectivity index (χ1n) is 4.18. The lowest BCUT2D eigenvalue weighted by Crippen LogP contribution is -2.06. The van der Waals surface area contributed by atoms with Crippen LogP contribution >= 0.6 is 0 Å². The average Bonchev–Trinajstić information content (AvgIpc) is 1.83. The fraction of sp³-hybridized carbons (Fsp3) is 1.00. The van der Waals surface area contributed by atoms with Crippen LogP contribution in [0.25, 0.3) is 0 Å². The van der Waals surface area contributed by atoms with Gasteiger partial charge >= 0.3 is 10.4 Å². The molecular weight excluding hydrogens is 210 g/mol. The van der Waals surface area contributed by atoms with Gasteiger partial charge in [0.2, 0.25) is 0 Å². The predicted molar refractivity (Wildman–Crippen MR) is 55.7 cm³/mol. The van der Waals surface area contributed by atoms with E-state index in [4.69, 9.17) is 28.0 Å². The van der Waals surface area contributed by atoms with Gasteiger partial charge in [-0.05, 0) is 19.9 Å². The van der Waals surface area contributed by atoms with Gasteiger partial charge in [-0.2, -0.15) is 8.42 Å². The molecule has 0 amide bonds. The number of hydrogen-bond donors (Lipinski definition) is 3. The van der Waals surface area contributed by atoms with Gasteiger partial charge in [0, 0.05) is 13.2 Å². The molecule has 0 heterocycles. The summed E-state index contributed by atoms with van der Waals surface area (Å²) in [5, 5.41) is 0. The maximum absolute atomic E-state index is 8.74. The van der Waals surface area contributed by atoms with Crippen molar-refractivity contribution in [2.24, 2.45) is 5.73 Å². The minimum Gasteiger partial charge on any atom is -0.382 e. The topological polar surface area (TPSA) is 110 Å². The van der Waals surface area contributed by atoms with Crippen molar-refractivity contribution in [1.29, 1.82) is 0 Å². The molecule has 0 aliphatic heterocycles. The highest BCUT2D eigenvalue weighted by molar-refractivity contribution is 7.79. The Morgan fingerprint density at radius 2 is 1.36 bits per heavy atom. The van der Waals surface area contributed by atoms with Crippen LogP contribution in [-0.4, -0.2) is 36.8 Å². The lowest BCUT2D eigenvalue weighted by Gasteiger charge is -1.86. The minimum absolute atomic E-state index is 0.333. The Kier molecular flexibility index (Phi) is 17.7. The van der Waals surface area contributed by atoms with Crippen LogP contribution in [0, 0.1) is 0 Å². The molecule has 0 aromatic rings. The standard InChI is InChI=1S/C4H10O.C3H9N.H2O4S/c1-3-5-4-2;1-3(2)4;1-5(2,3)4/h3-4H2,1-2H3;3H,4H2,1-2H3;(H2,1,2,3,4). The lowest BCUT2D eigenvalue weighted by atomic mass is 10.5. The van der Waals surface area contributed by atoms with Crippen molar-refractivity contribution in [2.45, 2.75) is 33.7 Å². The Bertz CT molecular complexity index is 166. The number of nitrogens with two attached hydrogens (primary N) is 1. The summed E-state index contributed by atoms with van der Waals surface area (Å²) in [6, 6.07) is 0.333. The summed E-state index contributed by atoms with van der Waals surface area (Å²) in [7, 11) is -4.67. The van der Waals surface area contributed by atoms with Crippen molar-refractivity contribution in [3.05, 3.63) is 0 Å². The fourth-order valence-corrected chi connectivity index (χ4v) is 0.204. The first-order valence-corrected chi connectivity index (χ1v) is 5.58. The first-order chi connectivity index (χ1) is 6.15. The quantitative estimate of drug-likeness (QED) is 0.605. The molecule has 0 saturated heterocycles. The summed E-state index contributed by atoms with van der Waals surface area (Å²) in [5.41, 5.74) is 5.11. The highest BCUT2D eigenvalue weighted by Gasteiger charge is 1.84. The Morgan fingerprint density at radius 1 is 1.21 bits per heavy atom. The van der Waals surface area contributed by atoms with E-state index in [0.717, 1.165) is 13.2 Å². The van der Waals surface area contributed by atoms with Crippen molar-refractivity contribution in [3.63, 3.8) is 0 Å². The molecule has 0 saturated carbocycles. The van der Waals surface area contributed by atoms with Gasteiger partial charge in [-0.15, -0.1) is 0 Å². The summed E-state index contributed by atoms with van der Waals surface area (Å²) in [4.78, 5) is 0. The summed E-state index contributed by atoms with van der Waals surface area (Å²) in [5.74, 6) is 0. The Morgan fingerprint density at radius 3 is 1.36 bits per heavy atom. The van der Waals surface area contributed by atoms with Crippen molar-refractivity contribution in [1.82, 2.24) is 0 Å². The Labute approximate surface area is 86.0 Å². The molecule has 14 heavy (non-hydrogen) atoms. The van der Waals surface area contributed by atoms with Crippen molar-refractivity contribution < 1.29 is 22.3 Å². The van der Waals surface area contributed by atoms with Crippen molar-refractivity contribution in [3.8, 4) is 0 Å². The lowest BCUT2D eigenvalue weighted by molar-refractivity contribution is 0.162. The molecule has 7 heteroatoms. The second-order valence-electron chi connectivity index (χ2n) is 2.47. The third kappa shape index (κ3) is 428. The molecule has 0 atom stereocenters. The van der Waals surface area contributed by atoms with E-state index in [1.165, 1.54) is 0 Å². The van der Waals surface area contributed by atoms with E-state index in [1.807, 2.05) is 27.7 Å². The van der Waals surface area contributed by atoms with Crippen LogP contribution in [0.4, 0.5) is 0 Å². The van der Waals surface area contributed by atoms with Gasteiger partial charge in [-0.3, -0.25) is 9.11 Å². The van der Waals surface area contributed by atoms with Crippen LogP contribution in [0.1, 0.15) is 27.7 Å². The maximum atomic E-state index is 8.74. The van der Waals surface area contributed by atoms with E-state index < -0.39 is 10.4 Å². The third-order valence-electron chi connectivity index (χ3n) is 0.408. The first kappa shape index (κ1) is 19.4. The highest BCUT2D eigenvalue weighted by atomic mass is 32.3. The molecule has 0 aromatic carbocycles. The zero-order chi connectivity index (χ0) is 12.2. The zero-order valence-electron chi connectivity index (χ0n) is 9.10. The van der Waals surface area contributed by atoms with Crippen molar-refractivity contribution >= 4 is 10.4 Å². The molecule has 0 aromatic heterocycles. The van der Waals surface area contributed by atoms with Gasteiger partial charge in [-0.25, -0.2) is 0 Å². The summed E-state index contributed by atoms with van der Waals surface area (Å²) in [6.45, 7) is 9.56. The molecule has 90 valence electrons. The molecule has 0 rings (SSSR count). The predicted octanol–water partition coefficient (Wildman–Crippen LogP) is 0.744. The molecule has 0 aliphatic carbocycles. The van der Waals surface area contributed by atoms with Crippen LogP contribution < -0.4 is 5.73 Å². The molecular formula is C7H21NO5S. The second-order valence-corrected chi connectivity index (χ2v) is 3.37. The molecule has 0 radical (unpaired) electrons.